The first kappa shape index (κ1) is 26.3. The molecule has 0 saturated carbocycles. The number of rotatable bonds is 5. The van der Waals surface area contributed by atoms with E-state index < -0.39 is 0 Å². The van der Waals surface area contributed by atoms with Crippen LogP contribution in [0.15, 0.2) is 180 Å². The number of hydrogen-bond acceptors (Lipinski definition) is 2. The minimum Gasteiger partial charge on any atom is -0.455 e. The maximum atomic E-state index is 6.63. The fourth-order valence-corrected chi connectivity index (χ4v) is 6.76. The Hall–Kier alpha value is -6.12. The minimum atomic E-state index is 0.874. The van der Waals surface area contributed by atoms with Gasteiger partial charge in [0.1, 0.15) is 11.2 Å². The van der Waals surface area contributed by atoms with Crippen LogP contribution in [0.25, 0.3) is 65.7 Å². The molecule has 2 nitrogen and oxygen atoms in total. The first-order chi connectivity index (χ1) is 22.8. The molecule has 0 aliphatic rings. The fourth-order valence-electron chi connectivity index (χ4n) is 6.76. The maximum absolute atomic E-state index is 6.63. The summed E-state index contributed by atoms with van der Waals surface area (Å²) in [6.07, 6.45) is 0. The zero-order valence-corrected chi connectivity index (χ0v) is 25.1. The van der Waals surface area contributed by atoms with Crippen molar-refractivity contribution in [1.82, 2.24) is 0 Å². The minimum absolute atomic E-state index is 0.874. The number of benzene rings is 8. The van der Waals surface area contributed by atoms with Gasteiger partial charge in [-0.3, -0.25) is 0 Å². The summed E-state index contributed by atoms with van der Waals surface area (Å²) in [5, 5.41) is 7.06. The Balaban J connectivity index is 1.21. The van der Waals surface area contributed by atoms with Crippen molar-refractivity contribution in [3.63, 3.8) is 0 Å². The van der Waals surface area contributed by atoms with Crippen molar-refractivity contribution in [2.75, 3.05) is 4.90 Å². The van der Waals surface area contributed by atoms with Crippen LogP contribution in [-0.4, -0.2) is 0 Å². The third-order valence-electron chi connectivity index (χ3n) is 9.04. The summed E-state index contributed by atoms with van der Waals surface area (Å²) in [6, 6.07) is 62.7. The van der Waals surface area contributed by atoms with Crippen molar-refractivity contribution in [1.29, 1.82) is 0 Å². The van der Waals surface area contributed by atoms with Crippen molar-refractivity contribution < 1.29 is 4.42 Å². The van der Waals surface area contributed by atoms with E-state index in [1.165, 1.54) is 32.8 Å². The van der Waals surface area contributed by atoms with Gasteiger partial charge in [0.2, 0.25) is 0 Å². The Kier molecular flexibility index (Phi) is 6.17. The van der Waals surface area contributed by atoms with E-state index in [1.54, 1.807) is 0 Å². The molecule has 0 atom stereocenters. The highest BCUT2D eigenvalue weighted by atomic mass is 16.3. The second kappa shape index (κ2) is 10.8. The van der Waals surface area contributed by atoms with Crippen LogP contribution in [0.5, 0.6) is 0 Å². The number of anilines is 3. The second-order valence-corrected chi connectivity index (χ2v) is 11.8. The fraction of sp³-hybridized carbons (Fsp3) is 0. The van der Waals surface area contributed by atoms with E-state index in [1.807, 2.05) is 0 Å². The normalized spacial score (nSPS) is 11.5. The zero-order chi connectivity index (χ0) is 30.5. The lowest BCUT2D eigenvalue weighted by Crippen LogP contribution is -2.11. The third-order valence-corrected chi connectivity index (χ3v) is 9.04. The summed E-state index contributed by atoms with van der Waals surface area (Å²) < 4.78 is 6.63. The van der Waals surface area contributed by atoms with Crippen LogP contribution >= 0.6 is 0 Å². The first-order valence-corrected chi connectivity index (χ1v) is 15.7. The van der Waals surface area contributed by atoms with E-state index in [2.05, 4.69) is 181 Å². The van der Waals surface area contributed by atoms with Crippen molar-refractivity contribution in [3.8, 4) is 22.3 Å². The standard InChI is InChI=1S/C44H29NO/c1-2-11-32(12-3-1)38-15-8-9-17-42(38)45(36-23-20-31(21-24-36)35-19-18-30-10-4-5-14-34(30)28-35)37-25-27-40-41-26-22-33-13-6-7-16-39(33)44(41)46-43(40)29-37/h1-29H. The highest BCUT2D eigenvalue weighted by Crippen LogP contribution is 2.43. The molecule has 0 spiro atoms. The predicted octanol–water partition coefficient (Wildman–Crippen LogP) is 12.7. The largest absolute Gasteiger partial charge is 0.455 e. The molecule has 216 valence electrons. The molecule has 1 heterocycles. The summed E-state index contributed by atoms with van der Waals surface area (Å²) in [5.41, 5.74) is 9.76. The average molecular weight is 588 g/mol. The molecule has 0 unspecified atom stereocenters. The van der Waals surface area contributed by atoms with Gasteiger partial charge in [-0.15, -0.1) is 0 Å². The predicted molar refractivity (Wildman–Crippen MR) is 194 cm³/mol. The molecule has 9 rings (SSSR count). The van der Waals surface area contributed by atoms with Crippen LogP contribution in [0.1, 0.15) is 0 Å². The van der Waals surface area contributed by atoms with E-state index >= 15 is 0 Å². The Morgan fingerprint density at radius 1 is 0.370 bits per heavy atom. The molecule has 0 N–H and O–H groups in total. The molecule has 0 saturated heterocycles. The molecular formula is C44H29NO. The molecule has 0 aliphatic heterocycles. The summed E-state index contributed by atoms with van der Waals surface area (Å²) in [6.45, 7) is 0. The van der Waals surface area contributed by atoms with Gasteiger partial charge >= 0.3 is 0 Å². The third kappa shape index (κ3) is 4.43. The van der Waals surface area contributed by atoms with Crippen molar-refractivity contribution in [2.45, 2.75) is 0 Å². The lowest BCUT2D eigenvalue weighted by molar-refractivity contribution is 0.672. The molecule has 0 amide bonds. The van der Waals surface area contributed by atoms with Gasteiger partial charge in [0.05, 0.1) is 5.69 Å². The van der Waals surface area contributed by atoms with Crippen LogP contribution in [0, 0.1) is 0 Å². The van der Waals surface area contributed by atoms with E-state index in [0.29, 0.717) is 0 Å². The van der Waals surface area contributed by atoms with Gasteiger partial charge in [-0.2, -0.15) is 0 Å². The second-order valence-electron chi connectivity index (χ2n) is 11.8. The van der Waals surface area contributed by atoms with E-state index in [-0.39, 0.29) is 0 Å². The van der Waals surface area contributed by atoms with Crippen molar-refractivity contribution in [3.05, 3.63) is 176 Å². The number of fused-ring (bicyclic) bond motifs is 6. The van der Waals surface area contributed by atoms with E-state index in [4.69, 9.17) is 4.42 Å². The van der Waals surface area contributed by atoms with Gasteiger partial charge in [-0.05, 0) is 75.3 Å². The molecule has 0 bridgehead atoms. The molecule has 9 aromatic rings. The molecule has 2 heteroatoms. The maximum Gasteiger partial charge on any atom is 0.143 e. The SMILES string of the molecule is c1ccc(-c2ccccc2N(c2ccc(-c3ccc4ccccc4c3)cc2)c2ccc3c(c2)oc2c4ccccc4ccc32)cc1. The van der Waals surface area contributed by atoms with Gasteiger partial charge in [-0.1, -0.05) is 127 Å². The number of hydrogen-bond donors (Lipinski definition) is 0. The lowest BCUT2D eigenvalue weighted by atomic mass is 9.99. The molecule has 1 aromatic heterocycles. The molecular weight excluding hydrogens is 558 g/mol. The molecule has 0 fully saturated rings. The first-order valence-electron chi connectivity index (χ1n) is 15.7. The van der Waals surface area contributed by atoms with Crippen LogP contribution < -0.4 is 4.90 Å². The monoisotopic (exact) mass is 587 g/mol. The Labute approximate surface area is 267 Å². The molecule has 0 aliphatic carbocycles. The topological polar surface area (TPSA) is 16.4 Å². The Bertz CT molecular complexity index is 2530. The molecule has 8 aromatic carbocycles. The highest BCUT2D eigenvalue weighted by molar-refractivity contribution is 6.15. The lowest BCUT2D eigenvalue weighted by Gasteiger charge is -2.28. The van der Waals surface area contributed by atoms with Gasteiger partial charge < -0.3 is 9.32 Å². The number of furan rings is 1. The highest BCUT2D eigenvalue weighted by Gasteiger charge is 2.19. The van der Waals surface area contributed by atoms with Crippen LogP contribution in [0.4, 0.5) is 17.1 Å². The van der Waals surface area contributed by atoms with Gasteiger partial charge in [-0.25, -0.2) is 0 Å². The van der Waals surface area contributed by atoms with Gasteiger partial charge in [0, 0.05) is 39.2 Å². The summed E-state index contributed by atoms with van der Waals surface area (Å²) in [7, 11) is 0. The van der Waals surface area contributed by atoms with Crippen molar-refractivity contribution >= 4 is 60.5 Å². The number of para-hydroxylation sites is 1. The quantitative estimate of drug-likeness (QED) is 0.199. The summed E-state index contributed by atoms with van der Waals surface area (Å²) in [4.78, 5) is 2.34. The zero-order valence-electron chi connectivity index (χ0n) is 25.1. The average Bonchev–Trinajstić information content (AvgIpc) is 3.51. The summed E-state index contributed by atoms with van der Waals surface area (Å²) >= 11 is 0. The van der Waals surface area contributed by atoms with Crippen LogP contribution in [-0.2, 0) is 0 Å². The van der Waals surface area contributed by atoms with Crippen molar-refractivity contribution in [2.24, 2.45) is 0 Å². The van der Waals surface area contributed by atoms with Gasteiger partial charge in [0.15, 0.2) is 0 Å². The van der Waals surface area contributed by atoms with Gasteiger partial charge in [0.25, 0.3) is 0 Å². The summed E-state index contributed by atoms with van der Waals surface area (Å²) in [5.74, 6) is 0. The smallest absolute Gasteiger partial charge is 0.143 e. The van der Waals surface area contributed by atoms with E-state index in [0.717, 1.165) is 50.0 Å². The Morgan fingerprint density at radius 2 is 1.02 bits per heavy atom. The molecule has 0 radical (unpaired) electrons. The van der Waals surface area contributed by atoms with Crippen LogP contribution in [0.2, 0.25) is 0 Å². The van der Waals surface area contributed by atoms with Crippen LogP contribution in [0.3, 0.4) is 0 Å². The van der Waals surface area contributed by atoms with E-state index in [9.17, 15) is 0 Å². The molecule has 46 heavy (non-hydrogen) atoms. The Morgan fingerprint density at radius 3 is 1.89 bits per heavy atom. The number of nitrogens with zero attached hydrogens (tertiary/aromatic N) is 1.